The van der Waals surface area contributed by atoms with E-state index in [9.17, 15) is 24.3 Å². The van der Waals surface area contributed by atoms with Gasteiger partial charge in [0.15, 0.2) is 11.2 Å². The van der Waals surface area contributed by atoms with Gasteiger partial charge in [0.25, 0.3) is 0 Å². The summed E-state index contributed by atoms with van der Waals surface area (Å²) in [6.07, 6.45) is 1.33. The first-order chi connectivity index (χ1) is 13.6. The largest absolute Gasteiger partial charge is 0.465 e. The molecular weight excluding hydrogens is 376 g/mol. The zero-order valence-corrected chi connectivity index (χ0v) is 16.7. The number of aryl methyl sites for hydroxylation is 1. The SMILES string of the molecule is C=C[C@]1(C)CC(=O)[C@H]([C@@H](CO)COC(C)=O)[C@]12C(=O)Oc1cccc(C)c1C2=O. The highest BCUT2D eigenvalue weighted by atomic mass is 16.5. The van der Waals surface area contributed by atoms with Crippen molar-refractivity contribution in [3.05, 3.63) is 42.0 Å². The molecule has 4 atom stereocenters. The molecule has 7 heteroatoms. The van der Waals surface area contributed by atoms with Gasteiger partial charge in [0.05, 0.1) is 18.1 Å². The Morgan fingerprint density at radius 2 is 2.10 bits per heavy atom. The van der Waals surface area contributed by atoms with Gasteiger partial charge in [-0.15, -0.1) is 6.58 Å². The van der Waals surface area contributed by atoms with Crippen molar-refractivity contribution in [1.82, 2.24) is 0 Å². The van der Waals surface area contributed by atoms with Crippen molar-refractivity contribution in [3.8, 4) is 5.75 Å². The topological polar surface area (TPSA) is 107 Å². The number of Topliss-reactive ketones (excluding diaryl/α,β-unsaturated/α-hetero) is 2. The van der Waals surface area contributed by atoms with Gasteiger partial charge in [-0.1, -0.05) is 25.1 Å². The number of fused-ring (bicyclic) bond motifs is 1. The van der Waals surface area contributed by atoms with Crippen molar-refractivity contribution in [3.63, 3.8) is 0 Å². The zero-order valence-electron chi connectivity index (χ0n) is 16.7. The van der Waals surface area contributed by atoms with Crippen LogP contribution in [0, 0.1) is 29.6 Å². The number of hydrogen-bond acceptors (Lipinski definition) is 7. The molecule has 0 aromatic heterocycles. The number of allylic oxidation sites excluding steroid dienone is 1. The number of ether oxygens (including phenoxy) is 2. The van der Waals surface area contributed by atoms with Crippen molar-refractivity contribution in [2.75, 3.05) is 13.2 Å². The molecule has 1 heterocycles. The molecule has 1 aliphatic heterocycles. The summed E-state index contributed by atoms with van der Waals surface area (Å²) in [5.41, 5.74) is -2.25. The number of esters is 2. The van der Waals surface area contributed by atoms with Crippen LogP contribution in [-0.2, 0) is 19.1 Å². The van der Waals surface area contributed by atoms with E-state index < -0.39 is 47.0 Å². The van der Waals surface area contributed by atoms with Crippen molar-refractivity contribution < 1.29 is 33.8 Å². The summed E-state index contributed by atoms with van der Waals surface area (Å²) in [7, 11) is 0. The van der Waals surface area contributed by atoms with Crippen LogP contribution in [0.3, 0.4) is 0 Å². The monoisotopic (exact) mass is 400 g/mol. The average molecular weight is 400 g/mol. The van der Waals surface area contributed by atoms with E-state index in [1.165, 1.54) is 19.1 Å². The molecule has 3 rings (SSSR count). The molecule has 7 nitrogen and oxygen atoms in total. The van der Waals surface area contributed by atoms with Crippen LogP contribution in [0.25, 0.3) is 0 Å². The lowest BCUT2D eigenvalue weighted by Crippen LogP contribution is -2.58. The fourth-order valence-corrected chi connectivity index (χ4v) is 4.78. The smallest absolute Gasteiger partial charge is 0.327 e. The predicted octanol–water partition coefficient (Wildman–Crippen LogP) is 2.04. The lowest BCUT2D eigenvalue weighted by atomic mass is 9.56. The van der Waals surface area contributed by atoms with E-state index in [0.29, 0.717) is 5.56 Å². The lowest BCUT2D eigenvalue weighted by molar-refractivity contribution is -0.156. The Balaban J connectivity index is 2.25. The summed E-state index contributed by atoms with van der Waals surface area (Å²) in [5, 5.41) is 9.96. The Morgan fingerprint density at radius 3 is 2.69 bits per heavy atom. The van der Waals surface area contributed by atoms with Crippen LogP contribution in [0.1, 0.15) is 36.2 Å². The first kappa shape index (κ1) is 20.9. The van der Waals surface area contributed by atoms with Gasteiger partial charge in [0, 0.05) is 31.3 Å². The summed E-state index contributed by atoms with van der Waals surface area (Å²) in [5.74, 6) is -4.33. The molecular formula is C22H24O7. The van der Waals surface area contributed by atoms with Crippen molar-refractivity contribution in [2.45, 2.75) is 27.2 Å². The van der Waals surface area contributed by atoms with Crippen LogP contribution in [-0.4, -0.2) is 41.8 Å². The molecule has 1 aliphatic carbocycles. The van der Waals surface area contributed by atoms with Gasteiger partial charge in [0.2, 0.25) is 0 Å². The normalized spacial score (nSPS) is 29.4. The van der Waals surface area contributed by atoms with Crippen molar-refractivity contribution >= 4 is 23.5 Å². The molecule has 1 N–H and O–H groups in total. The predicted molar refractivity (Wildman–Crippen MR) is 102 cm³/mol. The molecule has 0 saturated heterocycles. The number of aliphatic hydroxyl groups excluding tert-OH is 1. The van der Waals surface area contributed by atoms with Gasteiger partial charge >= 0.3 is 11.9 Å². The molecule has 2 aliphatic rings. The zero-order chi connectivity index (χ0) is 21.6. The first-order valence-corrected chi connectivity index (χ1v) is 9.41. The second kappa shape index (κ2) is 7.22. The van der Waals surface area contributed by atoms with Crippen LogP contribution < -0.4 is 4.74 Å². The van der Waals surface area contributed by atoms with Crippen molar-refractivity contribution in [1.29, 1.82) is 0 Å². The number of carbonyl (C=O) groups excluding carboxylic acids is 4. The fourth-order valence-electron chi connectivity index (χ4n) is 4.78. The number of hydrogen-bond donors (Lipinski definition) is 1. The van der Waals surface area contributed by atoms with Crippen LogP contribution in [0.15, 0.2) is 30.9 Å². The van der Waals surface area contributed by atoms with Gasteiger partial charge in [-0.2, -0.15) is 0 Å². The molecule has 1 saturated carbocycles. The highest BCUT2D eigenvalue weighted by Crippen LogP contribution is 2.61. The van der Waals surface area contributed by atoms with E-state index in [2.05, 4.69) is 6.58 Å². The molecule has 1 aromatic rings. The number of benzene rings is 1. The molecule has 0 bridgehead atoms. The van der Waals surface area contributed by atoms with E-state index in [1.807, 2.05) is 0 Å². The van der Waals surface area contributed by atoms with Crippen LogP contribution in [0.5, 0.6) is 5.75 Å². The van der Waals surface area contributed by atoms with E-state index in [0.717, 1.165) is 0 Å². The van der Waals surface area contributed by atoms with Gasteiger partial charge in [-0.3, -0.25) is 19.2 Å². The van der Waals surface area contributed by atoms with E-state index in [-0.39, 0.29) is 30.1 Å². The maximum atomic E-state index is 13.9. The number of carbonyl (C=O) groups is 4. The first-order valence-electron chi connectivity index (χ1n) is 9.41. The fraction of sp³-hybridized carbons (Fsp3) is 0.455. The van der Waals surface area contributed by atoms with Gasteiger partial charge in [0.1, 0.15) is 11.5 Å². The highest BCUT2D eigenvalue weighted by Gasteiger charge is 2.73. The second-order valence-corrected chi connectivity index (χ2v) is 7.96. The molecule has 0 amide bonds. The molecule has 1 spiro atoms. The Labute approximate surface area is 168 Å². The molecule has 1 fully saturated rings. The molecule has 154 valence electrons. The lowest BCUT2D eigenvalue weighted by Gasteiger charge is -2.45. The van der Waals surface area contributed by atoms with Gasteiger partial charge in [-0.05, 0) is 18.6 Å². The van der Waals surface area contributed by atoms with Crippen molar-refractivity contribution in [2.24, 2.45) is 22.7 Å². The van der Waals surface area contributed by atoms with Crippen LogP contribution >= 0.6 is 0 Å². The average Bonchev–Trinajstić information content (AvgIpc) is 2.89. The number of aliphatic hydroxyl groups is 1. The third-order valence-electron chi connectivity index (χ3n) is 6.26. The number of ketones is 2. The van der Waals surface area contributed by atoms with Crippen LogP contribution in [0.2, 0.25) is 0 Å². The number of rotatable bonds is 5. The summed E-state index contributed by atoms with van der Waals surface area (Å²) in [6, 6.07) is 4.93. The van der Waals surface area contributed by atoms with Gasteiger partial charge < -0.3 is 14.6 Å². The minimum absolute atomic E-state index is 0.111. The molecule has 29 heavy (non-hydrogen) atoms. The maximum absolute atomic E-state index is 13.9. The summed E-state index contributed by atoms with van der Waals surface area (Å²) >= 11 is 0. The van der Waals surface area contributed by atoms with E-state index in [4.69, 9.17) is 9.47 Å². The maximum Gasteiger partial charge on any atom is 0.327 e. The quantitative estimate of drug-likeness (QED) is 0.349. The summed E-state index contributed by atoms with van der Waals surface area (Å²) in [6.45, 7) is 7.50. The van der Waals surface area contributed by atoms with Crippen LogP contribution in [0.4, 0.5) is 0 Å². The standard InChI is InChI=1S/C22H24O7/c1-5-21(4)9-15(25)18(14(10-23)11-28-13(3)24)22(21)19(26)17-12(2)7-6-8-16(17)29-20(22)27/h5-8,14,18,23H,1,9-11H2,2-4H3/t14-,18-,21+,22-/m0/s1. The molecule has 0 unspecified atom stereocenters. The Morgan fingerprint density at radius 1 is 1.41 bits per heavy atom. The molecule has 0 radical (unpaired) electrons. The Hall–Kier alpha value is -2.80. The summed E-state index contributed by atoms with van der Waals surface area (Å²) < 4.78 is 10.6. The van der Waals surface area contributed by atoms with Gasteiger partial charge in [-0.25, -0.2) is 0 Å². The highest BCUT2D eigenvalue weighted by molar-refractivity contribution is 6.22. The third-order valence-corrected chi connectivity index (χ3v) is 6.26. The second-order valence-electron chi connectivity index (χ2n) is 7.96. The Bertz CT molecular complexity index is 918. The van der Waals surface area contributed by atoms with E-state index in [1.54, 1.807) is 26.0 Å². The Kier molecular flexibility index (Phi) is 5.21. The third kappa shape index (κ3) is 2.83. The minimum atomic E-state index is -1.89. The van der Waals surface area contributed by atoms with E-state index >= 15 is 0 Å². The molecule has 1 aromatic carbocycles. The minimum Gasteiger partial charge on any atom is -0.465 e. The summed E-state index contributed by atoms with van der Waals surface area (Å²) in [4.78, 5) is 51.6.